The van der Waals surface area contributed by atoms with Crippen molar-refractivity contribution in [1.82, 2.24) is 0 Å². The van der Waals surface area contributed by atoms with Crippen molar-refractivity contribution >= 4 is 0 Å². The lowest BCUT2D eigenvalue weighted by atomic mass is 9.74. The van der Waals surface area contributed by atoms with Crippen LogP contribution >= 0.6 is 0 Å². The Morgan fingerprint density at radius 1 is 0.500 bits per heavy atom. The van der Waals surface area contributed by atoms with E-state index in [1.54, 1.807) is 0 Å². The molecule has 0 unspecified atom stereocenters. The fourth-order valence-corrected chi connectivity index (χ4v) is 5.95. The first-order chi connectivity index (χ1) is 28.2. The number of hydrogen-bond acceptors (Lipinski definition) is 0. The van der Waals surface area contributed by atoms with Crippen LogP contribution in [0, 0.1) is 63.0 Å². The molecule has 0 aromatic rings. The summed E-state index contributed by atoms with van der Waals surface area (Å²) in [5.41, 5.74) is 1.98. The van der Waals surface area contributed by atoms with Crippen molar-refractivity contribution in [3.8, 4) is 0 Å². The van der Waals surface area contributed by atoms with E-state index in [0.717, 1.165) is 23.7 Å². The zero-order valence-corrected chi connectivity index (χ0v) is 48.4. The lowest BCUT2D eigenvalue weighted by molar-refractivity contribution is 0.201. The van der Waals surface area contributed by atoms with E-state index < -0.39 is 0 Å². The van der Waals surface area contributed by atoms with Gasteiger partial charge in [-0.05, 0) is 88.7 Å². The van der Waals surface area contributed by atoms with E-state index in [1.165, 1.54) is 141 Å². The van der Waals surface area contributed by atoms with Crippen LogP contribution in [0.5, 0.6) is 0 Å². The molecule has 0 aliphatic heterocycles. The topological polar surface area (TPSA) is 0 Å². The Balaban J connectivity index is -0.000000143. The summed E-state index contributed by atoms with van der Waals surface area (Å²) in [6.07, 6.45) is 32.0. The van der Waals surface area contributed by atoms with Crippen LogP contribution in [-0.4, -0.2) is 0 Å². The van der Waals surface area contributed by atoms with E-state index in [-0.39, 0.29) is 17.2 Å². The fraction of sp³-hybridized carbons (Fsp3) is 1.00. The fourth-order valence-electron chi connectivity index (χ4n) is 5.95. The summed E-state index contributed by atoms with van der Waals surface area (Å²) in [6.45, 7) is 58.3. The van der Waals surface area contributed by atoms with Crippen LogP contribution in [0.1, 0.15) is 331 Å². The molecule has 0 heteroatoms. The van der Waals surface area contributed by atoms with Gasteiger partial charge >= 0.3 is 0 Å². The molecule has 0 heterocycles. The van der Waals surface area contributed by atoms with Crippen LogP contribution in [0.4, 0.5) is 0 Å². The van der Waals surface area contributed by atoms with Gasteiger partial charge in [-0.25, -0.2) is 0 Å². The first-order valence-corrected chi connectivity index (χ1v) is 27.2. The molecule has 0 aromatic carbocycles. The molecule has 372 valence electrons. The maximum Gasteiger partial charge on any atom is 0.0302 e. The molecule has 4 aliphatic rings. The minimum atomic E-state index is -0.312. The molecule has 60 heavy (non-hydrogen) atoms. The van der Waals surface area contributed by atoms with Gasteiger partial charge in [-0.15, -0.1) is 0 Å². The van der Waals surface area contributed by atoms with Crippen molar-refractivity contribution in [2.75, 3.05) is 0 Å². The van der Waals surface area contributed by atoms with Gasteiger partial charge in [0.15, 0.2) is 0 Å². The van der Waals surface area contributed by atoms with Gasteiger partial charge in [0.1, 0.15) is 0 Å². The Labute approximate surface area is 392 Å². The van der Waals surface area contributed by atoms with Gasteiger partial charge < -0.3 is 0 Å². The van der Waals surface area contributed by atoms with Gasteiger partial charge in [-0.1, -0.05) is 303 Å². The molecule has 0 bridgehead atoms. The maximum atomic E-state index is 7.58. The summed E-state index contributed by atoms with van der Waals surface area (Å²) in [5.74, 6) is 3.91. The van der Waals surface area contributed by atoms with Crippen LogP contribution in [0.2, 0.25) is 0 Å². The third kappa shape index (κ3) is 62.3. The SMILES string of the molecule is CC.CC.CC1(C)CCCCC1.CC1CCC(C)(C)CC1.CC1CCCCC1.CCC(C)(C)C.CCC(C)C.CCC1CCCCC1.[2H]C(C)(C)C(C)(C)C.[2H]C(C)(C)C(C)C. The summed E-state index contributed by atoms with van der Waals surface area (Å²) >= 11 is 0. The average Bonchev–Trinajstić information content (AvgIpc) is 3.18. The van der Waals surface area contributed by atoms with E-state index >= 15 is 0 Å². The molecule has 0 spiro atoms. The minimum Gasteiger partial charge on any atom is -0.0683 e. The predicted molar refractivity (Wildman–Crippen MR) is 289 cm³/mol. The highest BCUT2D eigenvalue weighted by Gasteiger charge is 2.24. The summed E-state index contributed by atoms with van der Waals surface area (Å²) in [4.78, 5) is 0. The average molecular weight is 856 g/mol. The van der Waals surface area contributed by atoms with Crippen molar-refractivity contribution in [3.63, 3.8) is 0 Å². The first kappa shape index (κ1) is 66.6. The Bertz CT molecular complexity index is 824. The Kier molecular flexibility index (Phi) is 49.1. The second-order valence-electron chi connectivity index (χ2n) is 23.9. The van der Waals surface area contributed by atoms with Gasteiger partial charge in [0, 0.05) is 2.74 Å². The number of hydrogen-bond donors (Lipinski definition) is 0. The summed E-state index contributed by atoms with van der Waals surface area (Å²) < 4.78 is 15.0. The smallest absolute Gasteiger partial charge is 0.0302 e. The lowest BCUT2D eigenvalue weighted by Crippen LogP contribution is -2.19. The third-order valence-corrected chi connectivity index (χ3v) is 13.6. The van der Waals surface area contributed by atoms with Crippen molar-refractivity contribution in [1.29, 1.82) is 0 Å². The molecule has 4 rings (SSSR count). The Morgan fingerprint density at radius 3 is 0.917 bits per heavy atom. The molecule has 4 aliphatic carbocycles. The molecule has 0 atom stereocenters. The van der Waals surface area contributed by atoms with Crippen LogP contribution in [0.15, 0.2) is 0 Å². The van der Waals surface area contributed by atoms with Gasteiger partial charge in [0.2, 0.25) is 0 Å². The molecule has 4 fully saturated rings. The molecule has 0 amide bonds. The van der Waals surface area contributed by atoms with Gasteiger partial charge in [-0.2, -0.15) is 0 Å². The first-order valence-electron chi connectivity index (χ1n) is 28.2. The van der Waals surface area contributed by atoms with E-state index in [9.17, 15) is 0 Å². The standard InChI is InChI=1S/C9H18.2C8H16.C7H14.C7H16.2C6H14.C5H12.2C2H6/c1-8-4-6-9(2,3)7-5-8;1-8(2)6-4-3-5-7-8;1-2-8-6-4-3-5-7-8;1-7-5-3-2-4-6-7;1-6(2)7(3,4)5;1-5-6(2,3)4;1-5(2)6(3)4;1-4-5(2)3;2*1-2/h8H,4-7H2,1-3H3;3-7H2,1-2H3;8H,2-7H2,1H3;7H,2-6H2,1H3;6H,1-5H3;5H2,1-4H3;5-6H,1-4H3;5H,4H2,1-3H3;2*1-2H3/i;;;;6D;;5D;;;. The highest BCUT2D eigenvalue weighted by molar-refractivity contribution is 4.76. The van der Waals surface area contributed by atoms with Crippen LogP contribution in [0.3, 0.4) is 0 Å². The molecule has 0 saturated heterocycles. The number of rotatable bonds is 3. The highest BCUT2D eigenvalue weighted by atomic mass is 14.3. The van der Waals surface area contributed by atoms with Crippen molar-refractivity contribution < 1.29 is 2.74 Å². The lowest BCUT2D eigenvalue weighted by Gasteiger charge is -2.32. The molecule has 4 saturated carbocycles. The zero-order valence-electron chi connectivity index (χ0n) is 50.4. The minimum absolute atomic E-state index is 0.104. The van der Waals surface area contributed by atoms with E-state index in [0.29, 0.717) is 22.2 Å². The molecule has 0 nitrogen and oxygen atoms in total. The second-order valence-corrected chi connectivity index (χ2v) is 23.9. The summed E-state index contributed by atoms with van der Waals surface area (Å²) in [6, 6.07) is 0. The molecular weight excluding hydrogens is 721 g/mol. The van der Waals surface area contributed by atoms with Gasteiger partial charge in [-0.3, -0.25) is 0 Å². The van der Waals surface area contributed by atoms with Crippen molar-refractivity contribution in [3.05, 3.63) is 0 Å². The highest BCUT2D eigenvalue weighted by Crippen LogP contribution is 2.37. The molecule has 0 radical (unpaired) electrons. The van der Waals surface area contributed by atoms with E-state index in [4.69, 9.17) is 2.74 Å². The molecule has 0 N–H and O–H groups in total. The predicted octanol–water partition coefficient (Wildman–Crippen LogP) is 23.3. The second kappa shape index (κ2) is 44.2. The summed E-state index contributed by atoms with van der Waals surface area (Å²) in [5, 5.41) is 0. The molecular formula is C60H132. The summed E-state index contributed by atoms with van der Waals surface area (Å²) in [7, 11) is 0. The Morgan fingerprint density at radius 2 is 0.767 bits per heavy atom. The third-order valence-electron chi connectivity index (χ3n) is 13.6. The van der Waals surface area contributed by atoms with Crippen LogP contribution in [0.25, 0.3) is 0 Å². The quantitative estimate of drug-likeness (QED) is 0.265. The van der Waals surface area contributed by atoms with E-state index in [1.807, 2.05) is 55.4 Å². The Hall–Kier alpha value is 0. The largest absolute Gasteiger partial charge is 0.0683 e. The van der Waals surface area contributed by atoms with Gasteiger partial charge in [0.25, 0.3) is 0 Å². The van der Waals surface area contributed by atoms with Crippen molar-refractivity contribution in [2.45, 2.75) is 328 Å². The van der Waals surface area contributed by atoms with E-state index in [2.05, 4.69) is 132 Å². The zero-order chi connectivity index (χ0) is 50.4. The van der Waals surface area contributed by atoms with Crippen LogP contribution in [-0.2, 0) is 0 Å². The molecule has 0 aromatic heterocycles. The van der Waals surface area contributed by atoms with Crippen LogP contribution < -0.4 is 0 Å². The van der Waals surface area contributed by atoms with Crippen molar-refractivity contribution in [2.24, 2.45) is 63.0 Å². The maximum absolute atomic E-state index is 7.58. The van der Waals surface area contributed by atoms with Gasteiger partial charge in [0.05, 0.1) is 0 Å². The monoisotopic (exact) mass is 855 g/mol. The normalized spacial score (nSPS) is 19.7.